The summed E-state index contributed by atoms with van der Waals surface area (Å²) in [5.41, 5.74) is 3.07. The number of carbonyl (C=O) groups excluding carboxylic acids is 1. The molecule has 1 aliphatic heterocycles. The van der Waals surface area contributed by atoms with Crippen LogP contribution in [0, 0.1) is 38.3 Å². The van der Waals surface area contributed by atoms with Gasteiger partial charge in [0.05, 0.1) is 0 Å². The fraction of sp³-hybridized carbons (Fsp3) is 0.308. The second kappa shape index (κ2) is 10.3. The van der Waals surface area contributed by atoms with Crippen molar-refractivity contribution in [2.75, 3.05) is 18.4 Å². The zero-order chi connectivity index (χ0) is 26.0. The van der Waals surface area contributed by atoms with E-state index in [1.807, 2.05) is 32.0 Å². The molecule has 0 saturated carbocycles. The number of benzene rings is 2. The molecule has 2 heterocycles. The zero-order valence-corrected chi connectivity index (χ0v) is 21.0. The lowest BCUT2D eigenvalue weighted by Crippen LogP contribution is -2.41. The average Bonchev–Trinajstić information content (AvgIpc) is 3.22. The maximum Gasteiger partial charge on any atom is 0.248 e. The van der Waals surface area contributed by atoms with E-state index in [0.717, 1.165) is 28.9 Å². The predicted molar refractivity (Wildman–Crippen MR) is 133 cm³/mol. The first-order chi connectivity index (χ1) is 17.1. The molecule has 1 aromatic heterocycles. The van der Waals surface area contributed by atoms with Gasteiger partial charge in [-0.2, -0.15) is 4.31 Å². The van der Waals surface area contributed by atoms with Crippen LogP contribution < -0.4 is 5.32 Å². The number of sulfonamides is 1. The van der Waals surface area contributed by atoms with Gasteiger partial charge in [0, 0.05) is 36.3 Å². The number of aromatic nitrogens is 1. The van der Waals surface area contributed by atoms with Crippen molar-refractivity contribution in [1.82, 2.24) is 9.46 Å². The van der Waals surface area contributed by atoms with Crippen molar-refractivity contribution >= 4 is 33.8 Å². The second-order valence-corrected chi connectivity index (χ2v) is 10.8. The fourth-order valence-electron chi connectivity index (χ4n) is 4.21. The molecule has 10 heteroatoms. The number of piperidine rings is 1. The molecule has 190 valence electrons. The maximum atomic E-state index is 14.0. The molecule has 0 spiro atoms. The molecule has 36 heavy (non-hydrogen) atoms. The van der Waals surface area contributed by atoms with E-state index < -0.39 is 21.7 Å². The van der Waals surface area contributed by atoms with E-state index in [1.165, 1.54) is 29.4 Å². The summed E-state index contributed by atoms with van der Waals surface area (Å²) >= 11 is 0. The van der Waals surface area contributed by atoms with Gasteiger partial charge in [0.15, 0.2) is 10.7 Å². The molecule has 1 saturated heterocycles. The lowest BCUT2D eigenvalue weighted by Gasteiger charge is -2.30. The van der Waals surface area contributed by atoms with E-state index in [1.54, 1.807) is 0 Å². The number of hydrogen-bond donors (Lipinski definition) is 1. The number of rotatable bonds is 6. The third-order valence-corrected chi connectivity index (χ3v) is 8.55. The number of nitrogens with one attached hydrogen (secondary N) is 1. The zero-order valence-electron chi connectivity index (χ0n) is 20.2. The van der Waals surface area contributed by atoms with E-state index in [0.29, 0.717) is 12.8 Å². The molecule has 0 unspecified atom stereocenters. The van der Waals surface area contributed by atoms with Crippen molar-refractivity contribution in [2.45, 2.75) is 38.5 Å². The molecule has 0 aliphatic carbocycles. The molecule has 1 fully saturated rings. The summed E-state index contributed by atoms with van der Waals surface area (Å²) in [6.45, 7) is 5.75. The Kier molecular flexibility index (Phi) is 7.37. The number of nitrogens with zero attached hydrogens (tertiary/aromatic N) is 2. The van der Waals surface area contributed by atoms with Crippen molar-refractivity contribution in [3.63, 3.8) is 0 Å². The molecular formula is C26H27F2N3O4S. The van der Waals surface area contributed by atoms with Crippen LogP contribution in [-0.4, -0.2) is 36.9 Å². The fourth-order valence-corrected chi connectivity index (χ4v) is 5.93. The molecule has 1 N–H and O–H groups in total. The summed E-state index contributed by atoms with van der Waals surface area (Å²) < 4.78 is 60.5. The van der Waals surface area contributed by atoms with Crippen LogP contribution in [0.25, 0.3) is 12.2 Å². The average molecular weight is 516 g/mol. The molecule has 0 radical (unpaired) electrons. The third kappa shape index (κ3) is 5.24. The first kappa shape index (κ1) is 25.7. The molecular weight excluding hydrogens is 488 g/mol. The van der Waals surface area contributed by atoms with Gasteiger partial charge in [0.25, 0.3) is 0 Å². The minimum absolute atomic E-state index is 0.0500. The molecule has 7 nitrogen and oxygen atoms in total. The highest BCUT2D eigenvalue weighted by Gasteiger charge is 2.36. The second-order valence-electron chi connectivity index (χ2n) is 8.88. The van der Waals surface area contributed by atoms with Gasteiger partial charge >= 0.3 is 0 Å². The highest BCUT2D eigenvalue weighted by molar-refractivity contribution is 7.89. The largest absolute Gasteiger partial charge is 0.355 e. The highest BCUT2D eigenvalue weighted by Crippen LogP contribution is 2.30. The Balaban J connectivity index is 1.47. The molecule has 2 aromatic carbocycles. The van der Waals surface area contributed by atoms with Gasteiger partial charge in [-0.1, -0.05) is 17.3 Å². The summed E-state index contributed by atoms with van der Waals surface area (Å²) in [7, 11) is -3.98. The van der Waals surface area contributed by atoms with Crippen LogP contribution in [0.5, 0.6) is 0 Å². The van der Waals surface area contributed by atoms with Gasteiger partial charge in [-0.3, -0.25) is 4.79 Å². The Morgan fingerprint density at radius 2 is 1.83 bits per heavy atom. The summed E-state index contributed by atoms with van der Waals surface area (Å²) in [5.74, 6) is -2.00. The van der Waals surface area contributed by atoms with Crippen molar-refractivity contribution < 1.29 is 26.5 Å². The van der Waals surface area contributed by atoms with Crippen LogP contribution in [0.4, 0.5) is 14.5 Å². The molecule has 4 rings (SSSR count). The molecule has 0 atom stereocenters. The SMILES string of the molecule is Cc1cccc(NC(=O)C2CCN(S(=O)(=O)c3c(C)noc3/C=C/c3ccc(F)cc3F)CC2)c1C. The van der Waals surface area contributed by atoms with Gasteiger partial charge in [0.2, 0.25) is 15.9 Å². The number of halogens is 2. The predicted octanol–water partition coefficient (Wildman–Crippen LogP) is 5.09. The van der Waals surface area contributed by atoms with Gasteiger partial charge in [-0.05, 0) is 75.1 Å². The highest BCUT2D eigenvalue weighted by atomic mass is 32.2. The molecule has 1 amide bonds. The van der Waals surface area contributed by atoms with Gasteiger partial charge in [-0.15, -0.1) is 0 Å². The first-order valence-corrected chi connectivity index (χ1v) is 13.0. The lowest BCUT2D eigenvalue weighted by molar-refractivity contribution is -0.120. The Morgan fingerprint density at radius 3 is 2.53 bits per heavy atom. The molecule has 3 aromatic rings. The molecule has 1 aliphatic rings. The van der Waals surface area contributed by atoms with Crippen LogP contribution in [0.15, 0.2) is 45.8 Å². The third-order valence-electron chi connectivity index (χ3n) is 6.50. The first-order valence-electron chi connectivity index (χ1n) is 11.5. The quantitative estimate of drug-likeness (QED) is 0.494. The van der Waals surface area contributed by atoms with Crippen molar-refractivity contribution in [3.05, 3.63) is 76.2 Å². The topological polar surface area (TPSA) is 92.5 Å². The minimum Gasteiger partial charge on any atom is -0.355 e. The van der Waals surface area contributed by atoms with Crippen molar-refractivity contribution in [2.24, 2.45) is 5.92 Å². The van der Waals surface area contributed by atoms with Gasteiger partial charge < -0.3 is 9.84 Å². The summed E-state index contributed by atoms with van der Waals surface area (Å²) in [4.78, 5) is 12.7. The van der Waals surface area contributed by atoms with E-state index >= 15 is 0 Å². The maximum absolute atomic E-state index is 14.0. The van der Waals surface area contributed by atoms with Crippen LogP contribution in [0.1, 0.15) is 41.0 Å². The van der Waals surface area contributed by atoms with Crippen molar-refractivity contribution in [1.29, 1.82) is 0 Å². The van der Waals surface area contributed by atoms with E-state index in [-0.39, 0.29) is 46.8 Å². The number of anilines is 1. The summed E-state index contributed by atoms with van der Waals surface area (Å²) in [6, 6.07) is 8.79. The van der Waals surface area contributed by atoms with E-state index in [9.17, 15) is 22.0 Å². The van der Waals surface area contributed by atoms with Crippen molar-refractivity contribution in [3.8, 4) is 0 Å². The normalized spacial score (nSPS) is 15.5. The summed E-state index contributed by atoms with van der Waals surface area (Å²) in [6.07, 6.45) is 3.34. The molecule has 0 bridgehead atoms. The van der Waals surface area contributed by atoms with Gasteiger partial charge in [-0.25, -0.2) is 17.2 Å². The van der Waals surface area contributed by atoms with Crippen LogP contribution in [0.3, 0.4) is 0 Å². The number of amides is 1. The number of carbonyl (C=O) groups is 1. The summed E-state index contributed by atoms with van der Waals surface area (Å²) in [5, 5.41) is 6.75. The lowest BCUT2D eigenvalue weighted by atomic mass is 9.97. The monoisotopic (exact) mass is 515 g/mol. The Labute approximate surface area is 208 Å². The van der Waals surface area contributed by atoms with E-state index in [2.05, 4.69) is 10.5 Å². The Morgan fingerprint density at radius 1 is 1.11 bits per heavy atom. The number of hydrogen-bond acceptors (Lipinski definition) is 5. The van der Waals surface area contributed by atoms with Gasteiger partial charge in [0.1, 0.15) is 17.3 Å². The Bertz CT molecular complexity index is 1420. The van der Waals surface area contributed by atoms with Crippen LogP contribution >= 0.6 is 0 Å². The minimum atomic E-state index is -3.98. The van der Waals surface area contributed by atoms with Crippen LogP contribution in [0.2, 0.25) is 0 Å². The Hall–Kier alpha value is -3.37. The van der Waals surface area contributed by atoms with E-state index in [4.69, 9.17) is 4.52 Å². The smallest absolute Gasteiger partial charge is 0.248 e. The van der Waals surface area contributed by atoms with Crippen LogP contribution in [-0.2, 0) is 14.8 Å². The standard InChI is InChI=1S/C26H27F2N3O4S/c1-16-5-4-6-23(17(16)2)29-26(32)20-11-13-31(14-12-20)36(33,34)25-18(3)30-35-24(25)10-8-19-7-9-21(27)15-22(19)28/h4-10,15,20H,11-14H2,1-3H3,(H,29,32)/b10-8+. The number of aryl methyl sites for hydroxylation is 2.